The Labute approximate surface area is 169 Å². The van der Waals surface area contributed by atoms with Crippen molar-refractivity contribution in [1.82, 2.24) is 9.91 Å². The Kier molecular flexibility index (Phi) is 5.87. The molecule has 1 unspecified atom stereocenters. The van der Waals surface area contributed by atoms with Gasteiger partial charge in [-0.1, -0.05) is 12.1 Å². The second-order valence-corrected chi connectivity index (χ2v) is 7.17. The van der Waals surface area contributed by atoms with Gasteiger partial charge in [-0.15, -0.1) is 0 Å². The highest BCUT2D eigenvalue weighted by Crippen LogP contribution is 2.33. The van der Waals surface area contributed by atoms with Crippen molar-refractivity contribution in [2.45, 2.75) is 12.5 Å². The van der Waals surface area contributed by atoms with Crippen molar-refractivity contribution in [2.24, 2.45) is 5.10 Å². The fourth-order valence-electron chi connectivity index (χ4n) is 3.67. The fraction of sp³-hybridized carbons (Fsp3) is 0.364. The van der Waals surface area contributed by atoms with Crippen molar-refractivity contribution >= 4 is 11.6 Å². The molecule has 2 aromatic carbocycles. The number of hydrogen-bond acceptors (Lipinski definition) is 5. The summed E-state index contributed by atoms with van der Waals surface area (Å²) in [6, 6.07) is 13.7. The zero-order valence-corrected chi connectivity index (χ0v) is 16.4. The first-order chi connectivity index (χ1) is 14.1. The van der Waals surface area contributed by atoms with Gasteiger partial charge in [-0.05, 0) is 47.5 Å². The normalized spacial score (nSPS) is 19.9. The summed E-state index contributed by atoms with van der Waals surface area (Å²) < 4.78 is 24.0. The standard InChI is InChI=1S/C22H24FN3O3/c1-28-19-8-4-16(5-9-19)20-14-21(17-2-6-18(23)7-3-17)26(24-20)22(27)15-25-10-12-29-13-11-25/h2-9,21H,10-15H2,1H3. The molecule has 2 heterocycles. The van der Waals surface area contributed by atoms with Gasteiger partial charge in [0.25, 0.3) is 5.91 Å². The van der Waals surface area contributed by atoms with E-state index in [1.807, 2.05) is 24.3 Å². The smallest absolute Gasteiger partial charge is 0.257 e. The molecule has 1 amide bonds. The molecule has 4 rings (SSSR count). The van der Waals surface area contributed by atoms with Crippen LogP contribution in [0.5, 0.6) is 5.75 Å². The van der Waals surface area contributed by atoms with Crippen LogP contribution in [0.2, 0.25) is 0 Å². The first kappa shape index (κ1) is 19.5. The van der Waals surface area contributed by atoms with Crippen LogP contribution in [-0.4, -0.2) is 61.5 Å². The van der Waals surface area contributed by atoms with Crippen LogP contribution >= 0.6 is 0 Å². The molecular formula is C22H24FN3O3. The number of amides is 1. The van der Waals surface area contributed by atoms with Crippen LogP contribution in [0.25, 0.3) is 0 Å². The molecule has 1 fully saturated rings. The quantitative estimate of drug-likeness (QED) is 0.779. The fourth-order valence-corrected chi connectivity index (χ4v) is 3.67. The Balaban J connectivity index is 1.59. The van der Waals surface area contributed by atoms with Crippen LogP contribution in [0, 0.1) is 5.82 Å². The minimum absolute atomic E-state index is 0.0651. The Morgan fingerprint density at radius 2 is 1.83 bits per heavy atom. The first-order valence-electron chi connectivity index (χ1n) is 9.73. The minimum Gasteiger partial charge on any atom is -0.497 e. The summed E-state index contributed by atoms with van der Waals surface area (Å²) in [6.45, 7) is 3.02. The molecule has 1 saturated heterocycles. The predicted octanol–water partition coefficient (Wildman–Crippen LogP) is 2.84. The minimum atomic E-state index is -0.297. The second kappa shape index (κ2) is 8.71. The number of rotatable bonds is 5. The highest BCUT2D eigenvalue weighted by molar-refractivity contribution is 6.03. The number of nitrogens with zero attached hydrogens (tertiary/aromatic N) is 3. The van der Waals surface area contributed by atoms with Crippen molar-refractivity contribution in [2.75, 3.05) is 40.0 Å². The maximum Gasteiger partial charge on any atom is 0.257 e. The van der Waals surface area contributed by atoms with Gasteiger partial charge < -0.3 is 9.47 Å². The average molecular weight is 397 g/mol. The van der Waals surface area contributed by atoms with E-state index in [1.54, 1.807) is 24.3 Å². The van der Waals surface area contributed by atoms with Crippen LogP contribution in [0.1, 0.15) is 23.6 Å². The summed E-state index contributed by atoms with van der Waals surface area (Å²) in [4.78, 5) is 15.2. The van der Waals surface area contributed by atoms with Crippen molar-refractivity contribution in [3.8, 4) is 5.75 Å². The third-order valence-electron chi connectivity index (χ3n) is 5.31. The molecule has 2 aliphatic rings. The Hall–Kier alpha value is -2.77. The van der Waals surface area contributed by atoms with Gasteiger partial charge >= 0.3 is 0 Å². The summed E-state index contributed by atoms with van der Waals surface area (Å²) in [7, 11) is 1.62. The van der Waals surface area contributed by atoms with Gasteiger partial charge in [0.2, 0.25) is 0 Å². The Morgan fingerprint density at radius 3 is 2.48 bits per heavy atom. The van der Waals surface area contributed by atoms with E-state index in [4.69, 9.17) is 9.47 Å². The second-order valence-electron chi connectivity index (χ2n) is 7.17. The highest BCUT2D eigenvalue weighted by Gasteiger charge is 2.33. The lowest BCUT2D eigenvalue weighted by atomic mass is 9.98. The van der Waals surface area contributed by atoms with Gasteiger partial charge in [0.15, 0.2) is 0 Å². The lowest BCUT2D eigenvalue weighted by molar-refractivity contribution is -0.135. The number of carbonyl (C=O) groups is 1. The van der Waals surface area contributed by atoms with Gasteiger partial charge in [0, 0.05) is 19.5 Å². The predicted molar refractivity (Wildman–Crippen MR) is 107 cm³/mol. The topological polar surface area (TPSA) is 54.4 Å². The van der Waals surface area contributed by atoms with E-state index in [-0.39, 0.29) is 17.8 Å². The lowest BCUT2D eigenvalue weighted by Crippen LogP contribution is -2.43. The summed E-state index contributed by atoms with van der Waals surface area (Å²) in [5.74, 6) is 0.404. The van der Waals surface area contributed by atoms with E-state index < -0.39 is 0 Å². The first-order valence-corrected chi connectivity index (χ1v) is 9.73. The molecule has 0 N–H and O–H groups in total. The maximum absolute atomic E-state index is 13.4. The van der Waals surface area contributed by atoms with Gasteiger partial charge in [0.1, 0.15) is 11.6 Å². The van der Waals surface area contributed by atoms with E-state index in [0.29, 0.717) is 26.2 Å². The molecule has 0 aliphatic carbocycles. The molecule has 0 radical (unpaired) electrons. The average Bonchev–Trinajstić information content (AvgIpc) is 3.21. The van der Waals surface area contributed by atoms with E-state index in [2.05, 4.69) is 10.0 Å². The highest BCUT2D eigenvalue weighted by atomic mass is 19.1. The molecule has 0 aromatic heterocycles. The zero-order valence-electron chi connectivity index (χ0n) is 16.4. The van der Waals surface area contributed by atoms with Crippen molar-refractivity contribution in [1.29, 1.82) is 0 Å². The molecule has 0 spiro atoms. The molecule has 0 saturated carbocycles. The third-order valence-corrected chi connectivity index (χ3v) is 5.31. The molecule has 2 aliphatic heterocycles. The molecule has 2 aromatic rings. The summed E-state index contributed by atoms with van der Waals surface area (Å²) in [5, 5.41) is 6.23. The molecule has 29 heavy (non-hydrogen) atoms. The Morgan fingerprint density at radius 1 is 1.14 bits per heavy atom. The van der Waals surface area contributed by atoms with E-state index in [0.717, 1.165) is 35.7 Å². The molecule has 7 heteroatoms. The number of ether oxygens (including phenoxy) is 2. The van der Waals surface area contributed by atoms with E-state index in [9.17, 15) is 9.18 Å². The molecule has 6 nitrogen and oxygen atoms in total. The van der Waals surface area contributed by atoms with Gasteiger partial charge in [-0.3, -0.25) is 9.69 Å². The van der Waals surface area contributed by atoms with E-state index >= 15 is 0 Å². The molecule has 0 bridgehead atoms. The van der Waals surface area contributed by atoms with Crippen LogP contribution < -0.4 is 4.74 Å². The molecule has 1 atom stereocenters. The Bertz CT molecular complexity index is 877. The van der Waals surface area contributed by atoms with Gasteiger partial charge in [-0.25, -0.2) is 9.40 Å². The largest absolute Gasteiger partial charge is 0.497 e. The molecule has 152 valence electrons. The third kappa shape index (κ3) is 4.46. The lowest BCUT2D eigenvalue weighted by Gasteiger charge is -2.29. The van der Waals surface area contributed by atoms with Crippen LogP contribution in [0.3, 0.4) is 0 Å². The zero-order chi connectivity index (χ0) is 20.2. The van der Waals surface area contributed by atoms with Crippen molar-refractivity contribution in [3.05, 3.63) is 65.5 Å². The van der Waals surface area contributed by atoms with E-state index in [1.165, 1.54) is 12.1 Å². The van der Waals surface area contributed by atoms with Crippen LogP contribution in [0.15, 0.2) is 53.6 Å². The number of morpholine rings is 1. The van der Waals surface area contributed by atoms with Crippen molar-refractivity contribution in [3.63, 3.8) is 0 Å². The van der Waals surface area contributed by atoms with Crippen LogP contribution in [0.4, 0.5) is 4.39 Å². The number of methoxy groups -OCH3 is 1. The SMILES string of the molecule is COc1ccc(C2=NN(C(=O)CN3CCOCC3)C(c3ccc(F)cc3)C2)cc1. The summed E-state index contributed by atoms with van der Waals surface area (Å²) in [5.41, 5.74) is 2.64. The number of carbonyl (C=O) groups excluding carboxylic acids is 1. The number of benzene rings is 2. The van der Waals surface area contributed by atoms with Gasteiger partial charge in [-0.2, -0.15) is 5.10 Å². The number of hydrazone groups is 1. The monoisotopic (exact) mass is 397 g/mol. The molecular weight excluding hydrogens is 373 g/mol. The number of hydrogen-bond donors (Lipinski definition) is 0. The van der Waals surface area contributed by atoms with Crippen LogP contribution in [-0.2, 0) is 9.53 Å². The van der Waals surface area contributed by atoms with Gasteiger partial charge in [0.05, 0.1) is 38.6 Å². The number of halogens is 1. The summed E-state index contributed by atoms with van der Waals surface area (Å²) in [6.07, 6.45) is 0.576. The van der Waals surface area contributed by atoms with Crippen molar-refractivity contribution < 1.29 is 18.7 Å². The summed E-state index contributed by atoms with van der Waals surface area (Å²) >= 11 is 0. The maximum atomic E-state index is 13.4.